The molecular weight excluding hydrogens is 270 g/mol. The first-order valence-electron chi connectivity index (χ1n) is 5.43. The molecule has 0 saturated carbocycles. The van der Waals surface area contributed by atoms with Gasteiger partial charge in [-0.05, 0) is 24.3 Å². The number of furan rings is 1. The van der Waals surface area contributed by atoms with Crippen LogP contribution in [0.4, 0.5) is 0 Å². The van der Waals surface area contributed by atoms with Crippen molar-refractivity contribution in [1.82, 2.24) is 4.73 Å². The SMILES string of the molecule is O=C(O)C(O)C(O)C(=O)On1cccc1.c1ccoc1. The van der Waals surface area contributed by atoms with Crippen LogP contribution in [-0.2, 0) is 9.59 Å². The molecule has 0 radical (unpaired) electrons. The van der Waals surface area contributed by atoms with Crippen molar-refractivity contribution in [3.63, 3.8) is 0 Å². The van der Waals surface area contributed by atoms with Gasteiger partial charge in [0.05, 0.1) is 12.5 Å². The van der Waals surface area contributed by atoms with Crippen molar-refractivity contribution in [2.45, 2.75) is 12.2 Å². The minimum absolute atomic E-state index is 0.972. The van der Waals surface area contributed by atoms with Crippen molar-refractivity contribution in [2.24, 2.45) is 0 Å². The molecule has 0 aliphatic rings. The number of carboxylic acids is 1. The molecule has 0 saturated heterocycles. The van der Waals surface area contributed by atoms with Gasteiger partial charge in [0, 0.05) is 12.4 Å². The molecule has 2 heterocycles. The number of aliphatic hydroxyl groups is 2. The summed E-state index contributed by atoms with van der Waals surface area (Å²) in [5.41, 5.74) is 0. The average Bonchev–Trinajstić information content (AvgIpc) is 3.12. The lowest BCUT2D eigenvalue weighted by Gasteiger charge is -2.12. The Labute approximate surface area is 113 Å². The molecule has 8 heteroatoms. The molecule has 0 aromatic carbocycles. The van der Waals surface area contributed by atoms with E-state index >= 15 is 0 Å². The summed E-state index contributed by atoms with van der Waals surface area (Å²) in [7, 11) is 0. The normalized spacial score (nSPS) is 12.7. The topological polar surface area (TPSA) is 122 Å². The second-order valence-corrected chi connectivity index (χ2v) is 3.47. The molecule has 20 heavy (non-hydrogen) atoms. The molecule has 2 aromatic heterocycles. The fourth-order valence-corrected chi connectivity index (χ4v) is 1.03. The molecule has 0 aliphatic carbocycles. The first kappa shape index (κ1) is 15.5. The molecule has 0 bridgehead atoms. The van der Waals surface area contributed by atoms with Crippen LogP contribution in [-0.4, -0.2) is 44.2 Å². The Morgan fingerprint density at radius 1 is 1.00 bits per heavy atom. The van der Waals surface area contributed by atoms with Crippen LogP contribution in [0.3, 0.4) is 0 Å². The number of aliphatic hydroxyl groups excluding tert-OH is 2. The molecule has 2 rings (SSSR count). The Balaban J connectivity index is 0.000000333. The second kappa shape index (κ2) is 7.77. The van der Waals surface area contributed by atoms with Crippen LogP contribution in [0.5, 0.6) is 0 Å². The van der Waals surface area contributed by atoms with Crippen molar-refractivity contribution in [3.8, 4) is 0 Å². The van der Waals surface area contributed by atoms with Gasteiger partial charge in [0.25, 0.3) is 0 Å². The number of rotatable bonds is 4. The van der Waals surface area contributed by atoms with Gasteiger partial charge in [0.1, 0.15) is 0 Å². The second-order valence-electron chi connectivity index (χ2n) is 3.47. The number of hydrogen-bond acceptors (Lipinski definition) is 6. The Bertz CT molecular complexity index is 489. The van der Waals surface area contributed by atoms with E-state index in [0.717, 1.165) is 4.73 Å². The van der Waals surface area contributed by atoms with E-state index in [1.165, 1.54) is 12.4 Å². The predicted molar refractivity (Wildman–Crippen MR) is 64.4 cm³/mol. The summed E-state index contributed by atoms with van der Waals surface area (Å²) in [6.07, 6.45) is 1.67. The van der Waals surface area contributed by atoms with Crippen molar-refractivity contribution < 1.29 is 34.2 Å². The highest BCUT2D eigenvalue weighted by Gasteiger charge is 2.31. The van der Waals surface area contributed by atoms with Crippen LogP contribution < -0.4 is 4.84 Å². The lowest BCUT2D eigenvalue weighted by Crippen LogP contribution is -2.43. The van der Waals surface area contributed by atoms with Crippen LogP contribution in [0.1, 0.15) is 0 Å². The summed E-state index contributed by atoms with van der Waals surface area (Å²) in [5, 5.41) is 26.2. The van der Waals surface area contributed by atoms with E-state index in [9.17, 15) is 9.59 Å². The minimum Gasteiger partial charge on any atom is -0.479 e. The molecule has 2 unspecified atom stereocenters. The summed E-state index contributed by atoms with van der Waals surface area (Å²) >= 11 is 0. The Morgan fingerprint density at radius 2 is 1.55 bits per heavy atom. The number of aromatic nitrogens is 1. The molecule has 108 valence electrons. The lowest BCUT2D eigenvalue weighted by molar-refractivity contribution is -0.170. The lowest BCUT2D eigenvalue weighted by atomic mass is 10.2. The Kier molecular flexibility index (Phi) is 6.01. The summed E-state index contributed by atoms with van der Waals surface area (Å²) in [5.74, 6) is -2.95. The highest BCUT2D eigenvalue weighted by Crippen LogP contribution is 1.96. The minimum atomic E-state index is -2.20. The summed E-state index contributed by atoms with van der Waals surface area (Å²) in [6.45, 7) is 0. The molecule has 0 amide bonds. The highest BCUT2D eigenvalue weighted by molar-refractivity contribution is 5.84. The highest BCUT2D eigenvalue weighted by atomic mass is 16.7. The largest absolute Gasteiger partial charge is 0.479 e. The quantitative estimate of drug-likeness (QED) is 0.693. The number of carboxylic acid groups (broad SMARTS) is 1. The van der Waals surface area contributed by atoms with Gasteiger partial charge in [-0.3, -0.25) is 0 Å². The third kappa shape index (κ3) is 4.96. The number of carbonyl (C=O) groups excluding carboxylic acids is 1. The fourth-order valence-electron chi connectivity index (χ4n) is 1.03. The maximum absolute atomic E-state index is 11.0. The van der Waals surface area contributed by atoms with Crippen molar-refractivity contribution in [1.29, 1.82) is 0 Å². The van der Waals surface area contributed by atoms with E-state index in [1.807, 2.05) is 12.1 Å². The van der Waals surface area contributed by atoms with Crippen molar-refractivity contribution in [3.05, 3.63) is 49.2 Å². The van der Waals surface area contributed by atoms with E-state index < -0.39 is 24.1 Å². The first-order valence-corrected chi connectivity index (χ1v) is 5.43. The van der Waals surface area contributed by atoms with Gasteiger partial charge >= 0.3 is 11.9 Å². The van der Waals surface area contributed by atoms with Gasteiger partial charge in [0.15, 0.2) is 12.2 Å². The summed E-state index contributed by atoms with van der Waals surface area (Å²) in [4.78, 5) is 25.8. The molecule has 8 nitrogen and oxygen atoms in total. The van der Waals surface area contributed by atoms with Crippen molar-refractivity contribution >= 4 is 11.9 Å². The first-order chi connectivity index (χ1) is 9.52. The predicted octanol–water partition coefficient (Wildman–Crippen LogP) is -0.471. The zero-order chi connectivity index (χ0) is 15.0. The monoisotopic (exact) mass is 283 g/mol. The maximum Gasteiger partial charge on any atom is 0.364 e. The van der Waals surface area contributed by atoms with E-state index in [0.29, 0.717) is 0 Å². The van der Waals surface area contributed by atoms with Gasteiger partial charge in [-0.15, -0.1) is 0 Å². The van der Waals surface area contributed by atoms with E-state index in [-0.39, 0.29) is 0 Å². The molecule has 3 N–H and O–H groups in total. The van der Waals surface area contributed by atoms with Gasteiger partial charge in [0.2, 0.25) is 0 Å². The molecule has 0 spiro atoms. The fraction of sp³-hybridized carbons (Fsp3) is 0.167. The molecule has 2 aromatic rings. The number of nitrogens with zero attached hydrogens (tertiary/aromatic N) is 1. The van der Waals surface area contributed by atoms with E-state index in [4.69, 9.17) is 15.3 Å². The zero-order valence-electron chi connectivity index (χ0n) is 10.2. The van der Waals surface area contributed by atoms with Gasteiger partial charge in [-0.1, -0.05) is 0 Å². The zero-order valence-corrected chi connectivity index (χ0v) is 10.2. The average molecular weight is 283 g/mol. The Hall–Kier alpha value is -2.58. The molecule has 0 aliphatic heterocycles. The third-order valence-corrected chi connectivity index (χ3v) is 1.99. The smallest absolute Gasteiger partial charge is 0.364 e. The Morgan fingerprint density at radius 3 is 1.95 bits per heavy atom. The maximum atomic E-state index is 11.0. The van der Waals surface area contributed by atoms with Crippen LogP contribution in [0.15, 0.2) is 53.6 Å². The summed E-state index contributed by atoms with van der Waals surface area (Å²) in [6, 6.07) is 6.79. The van der Waals surface area contributed by atoms with E-state index in [1.54, 1.807) is 24.7 Å². The number of aliphatic carboxylic acids is 1. The van der Waals surface area contributed by atoms with Crippen LogP contribution in [0, 0.1) is 0 Å². The summed E-state index contributed by atoms with van der Waals surface area (Å²) < 4.78 is 5.56. The van der Waals surface area contributed by atoms with Crippen LogP contribution in [0.25, 0.3) is 0 Å². The third-order valence-electron chi connectivity index (χ3n) is 1.99. The standard InChI is InChI=1S/C8H9NO6.C4H4O/c10-5(7(12)13)6(11)8(14)15-9-3-1-2-4-9;1-2-4-5-3-1/h1-6,10-11H,(H,12,13);1-4H. The van der Waals surface area contributed by atoms with Gasteiger partial charge in [-0.2, -0.15) is 4.73 Å². The van der Waals surface area contributed by atoms with Crippen molar-refractivity contribution in [2.75, 3.05) is 0 Å². The molecule has 0 fully saturated rings. The van der Waals surface area contributed by atoms with Crippen LogP contribution >= 0.6 is 0 Å². The van der Waals surface area contributed by atoms with E-state index in [2.05, 4.69) is 9.25 Å². The van der Waals surface area contributed by atoms with Crippen LogP contribution in [0.2, 0.25) is 0 Å². The molecular formula is C12H13NO7. The number of carbonyl (C=O) groups is 2. The van der Waals surface area contributed by atoms with Gasteiger partial charge < -0.3 is 24.6 Å². The molecule has 2 atom stereocenters. The van der Waals surface area contributed by atoms with Gasteiger partial charge in [-0.25, -0.2) is 9.59 Å². The number of hydrogen-bond donors (Lipinski definition) is 3.